The van der Waals surface area contributed by atoms with Crippen molar-refractivity contribution in [1.29, 1.82) is 0 Å². The lowest BCUT2D eigenvalue weighted by Crippen LogP contribution is -2.42. The van der Waals surface area contributed by atoms with E-state index in [-0.39, 0.29) is 37.6 Å². The molecule has 3 atom stereocenters. The molecule has 2 aromatic carbocycles. The van der Waals surface area contributed by atoms with E-state index in [2.05, 4.69) is 23.8 Å². The third-order valence-electron chi connectivity index (χ3n) is 5.20. The average molecular weight is 714 g/mol. The van der Waals surface area contributed by atoms with Crippen LogP contribution in [0.3, 0.4) is 0 Å². The summed E-state index contributed by atoms with van der Waals surface area (Å²) in [5.41, 5.74) is 0.674. The lowest BCUT2D eigenvalue weighted by molar-refractivity contribution is -0.140. The summed E-state index contributed by atoms with van der Waals surface area (Å²) in [5.74, 6) is -4.35. The first-order valence-corrected chi connectivity index (χ1v) is 16.2. The van der Waals surface area contributed by atoms with Crippen molar-refractivity contribution < 1.29 is 92.1 Å². The number of phenolic OH excluding ortho intramolecular Hbond substituents is 4. The zero-order valence-corrected chi connectivity index (χ0v) is 25.9. The molecule has 0 spiro atoms. The van der Waals surface area contributed by atoms with Gasteiger partial charge in [0.15, 0.2) is 23.0 Å². The number of benzene rings is 2. The van der Waals surface area contributed by atoms with Gasteiger partial charge >= 0.3 is 39.5 Å². The standard InChI is InChI=1S/C13H18NO9P.C11H14NO10P/c1-24(20,21)23-5-4-22-13(19)14-9(12(17)18)6-8-2-3-10(15)11(16)7-8;13-8-2-1-6(4-9(8)14)3-7(10(15)16)12-11(17)21-5-22-23(18,19)20/h2-3,7,9,15-16H,4-6H2,1H3,(H,14,19)(H,17,18)(H,20,21);1-2,4,7,13-14H,3,5H2,(H,12,17)(H,15,16)(H2,18,19,20)/t9-;7-/m00/s1. The maximum atomic E-state index is 11.5. The first kappa shape index (κ1) is 40.4. The van der Waals surface area contributed by atoms with Gasteiger partial charge in [0, 0.05) is 19.5 Å². The molecule has 21 nitrogen and oxygen atoms in total. The highest BCUT2D eigenvalue weighted by Crippen LogP contribution is 2.36. The second kappa shape index (κ2) is 18.5. The number of carboxylic acids is 2. The number of rotatable bonds is 15. The van der Waals surface area contributed by atoms with Crippen molar-refractivity contribution in [1.82, 2.24) is 10.6 Å². The number of ether oxygens (including phenoxy) is 2. The monoisotopic (exact) mass is 714 g/mol. The molecule has 0 aliphatic heterocycles. The third kappa shape index (κ3) is 17.6. The van der Waals surface area contributed by atoms with Crippen LogP contribution in [0.4, 0.5) is 9.59 Å². The van der Waals surface area contributed by atoms with Crippen molar-refractivity contribution in [2.45, 2.75) is 24.9 Å². The Bertz CT molecular complexity index is 1490. The minimum Gasteiger partial charge on any atom is -0.504 e. The molecule has 0 bridgehead atoms. The number of carboxylic acid groups (broad SMARTS) is 2. The van der Waals surface area contributed by atoms with E-state index in [1.165, 1.54) is 24.3 Å². The number of hydrogen-bond donors (Lipinski definition) is 11. The average Bonchev–Trinajstić information content (AvgIpc) is 2.93. The number of carbonyl (C=O) groups excluding carboxylic acids is 2. The number of phosphoric ester groups is 1. The van der Waals surface area contributed by atoms with Crippen LogP contribution in [0.5, 0.6) is 23.0 Å². The predicted molar refractivity (Wildman–Crippen MR) is 154 cm³/mol. The SMILES string of the molecule is CP(=O)(O)OCCOC(=O)N[C@@H](Cc1ccc(O)c(O)c1)C(=O)O.O=C(N[C@@H](Cc1ccc(O)c(O)c1)C(=O)O)OCOP(=O)(O)O. The quantitative estimate of drug-likeness (QED) is 0.0519. The number of phenols is 4. The zero-order chi connectivity index (χ0) is 35.9. The summed E-state index contributed by atoms with van der Waals surface area (Å²) in [5, 5.41) is 59.3. The number of hydrogen-bond acceptors (Lipinski definition) is 14. The fraction of sp³-hybridized carbons (Fsp3) is 0.333. The molecular weight excluding hydrogens is 682 g/mol. The molecule has 2 rings (SSSR count). The topological polar surface area (TPSA) is 345 Å². The molecule has 262 valence electrons. The van der Waals surface area contributed by atoms with E-state index in [4.69, 9.17) is 30.0 Å². The molecule has 0 saturated carbocycles. The maximum absolute atomic E-state index is 11.5. The smallest absolute Gasteiger partial charge is 0.472 e. The van der Waals surface area contributed by atoms with Crippen molar-refractivity contribution in [2.75, 3.05) is 26.7 Å². The van der Waals surface area contributed by atoms with Crippen LogP contribution in [0.25, 0.3) is 0 Å². The molecule has 0 radical (unpaired) electrons. The predicted octanol–water partition coefficient (Wildman–Crippen LogP) is 0.538. The molecule has 0 saturated heterocycles. The number of nitrogens with one attached hydrogen (secondary N) is 2. The van der Waals surface area contributed by atoms with Crippen LogP contribution in [0, 0.1) is 0 Å². The number of aromatic hydroxyl groups is 4. The van der Waals surface area contributed by atoms with E-state index >= 15 is 0 Å². The van der Waals surface area contributed by atoms with Gasteiger partial charge in [-0.2, -0.15) is 0 Å². The minimum atomic E-state index is -4.81. The van der Waals surface area contributed by atoms with Gasteiger partial charge < -0.3 is 70.0 Å². The number of aliphatic carboxylic acids is 2. The largest absolute Gasteiger partial charge is 0.504 e. The molecule has 0 fully saturated rings. The molecule has 0 aromatic heterocycles. The summed E-state index contributed by atoms with van der Waals surface area (Å²) in [6, 6.07) is 4.59. The Morgan fingerprint density at radius 3 is 1.47 bits per heavy atom. The van der Waals surface area contributed by atoms with Crippen molar-refractivity contribution in [3.8, 4) is 23.0 Å². The molecule has 23 heteroatoms. The number of alkyl carbamates (subject to hydrolysis) is 2. The third-order valence-corrected chi connectivity index (χ3v) is 6.30. The maximum Gasteiger partial charge on any atom is 0.472 e. The summed E-state index contributed by atoms with van der Waals surface area (Å²) in [6.07, 6.45) is -2.71. The molecule has 0 heterocycles. The highest BCUT2D eigenvalue weighted by atomic mass is 31.2. The van der Waals surface area contributed by atoms with Crippen molar-refractivity contribution >= 4 is 39.5 Å². The van der Waals surface area contributed by atoms with E-state index in [9.17, 15) is 43.6 Å². The van der Waals surface area contributed by atoms with Gasteiger partial charge in [0.05, 0.1) is 6.61 Å². The van der Waals surface area contributed by atoms with E-state index < -0.39 is 69.9 Å². The Morgan fingerprint density at radius 2 is 1.11 bits per heavy atom. The molecular formula is C24H32N2O19P2. The molecule has 1 unspecified atom stereocenters. The van der Waals surface area contributed by atoms with Crippen LogP contribution >= 0.6 is 15.4 Å². The van der Waals surface area contributed by atoms with Crippen LogP contribution < -0.4 is 10.6 Å². The Kier molecular flexibility index (Phi) is 15.9. The highest BCUT2D eigenvalue weighted by molar-refractivity contribution is 7.51. The van der Waals surface area contributed by atoms with Gasteiger partial charge in [-0.15, -0.1) is 0 Å². The second-order valence-electron chi connectivity index (χ2n) is 9.07. The van der Waals surface area contributed by atoms with Crippen LogP contribution in [0.2, 0.25) is 0 Å². The van der Waals surface area contributed by atoms with Gasteiger partial charge in [-0.1, -0.05) is 12.1 Å². The Balaban J connectivity index is 0.000000470. The fourth-order valence-corrected chi connectivity index (χ4v) is 3.72. The van der Waals surface area contributed by atoms with E-state index in [1.54, 1.807) is 0 Å². The van der Waals surface area contributed by atoms with Gasteiger partial charge in [-0.05, 0) is 35.4 Å². The summed E-state index contributed by atoms with van der Waals surface area (Å²) in [4.78, 5) is 70.8. The second-order valence-corrected chi connectivity index (χ2v) is 12.2. The van der Waals surface area contributed by atoms with Crippen molar-refractivity contribution in [2.24, 2.45) is 0 Å². The molecule has 0 aliphatic carbocycles. The van der Waals surface area contributed by atoms with Gasteiger partial charge in [-0.25, -0.2) is 28.3 Å². The summed E-state index contributed by atoms with van der Waals surface area (Å²) in [6.45, 7) is -0.749. The Labute approximate surface area is 264 Å². The van der Waals surface area contributed by atoms with Crippen molar-refractivity contribution in [3.05, 3.63) is 47.5 Å². The molecule has 2 amide bonds. The van der Waals surface area contributed by atoms with Crippen LogP contribution in [0.15, 0.2) is 36.4 Å². The van der Waals surface area contributed by atoms with Gasteiger partial charge in [0.1, 0.15) is 18.7 Å². The summed E-state index contributed by atoms with van der Waals surface area (Å²) in [7, 11) is -8.49. The zero-order valence-electron chi connectivity index (χ0n) is 24.2. The van der Waals surface area contributed by atoms with Crippen molar-refractivity contribution in [3.63, 3.8) is 0 Å². The lowest BCUT2D eigenvalue weighted by atomic mass is 10.1. The van der Waals surface area contributed by atoms with E-state index in [1.807, 2.05) is 5.32 Å². The molecule has 0 aliphatic rings. The number of phosphoric acid groups is 1. The lowest BCUT2D eigenvalue weighted by Gasteiger charge is -2.15. The highest BCUT2D eigenvalue weighted by Gasteiger charge is 2.24. The summed E-state index contributed by atoms with van der Waals surface area (Å²) < 4.78 is 38.5. The van der Waals surface area contributed by atoms with Crippen LogP contribution in [-0.4, -0.2) is 108 Å². The molecule has 11 N–H and O–H groups in total. The van der Waals surface area contributed by atoms with Crippen LogP contribution in [0.1, 0.15) is 11.1 Å². The van der Waals surface area contributed by atoms with E-state index in [0.717, 1.165) is 18.8 Å². The Hall–Kier alpha value is -4.62. The molecule has 47 heavy (non-hydrogen) atoms. The van der Waals surface area contributed by atoms with Gasteiger partial charge in [0.25, 0.3) is 0 Å². The van der Waals surface area contributed by atoms with Gasteiger partial charge in [-0.3, -0.25) is 4.57 Å². The number of carbonyl (C=O) groups is 4. The number of amides is 2. The molecule has 2 aromatic rings. The van der Waals surface area contributed by atoms with Gasteiger partial charge in [0.2, 0.25) is 6.79 Å². The normalized spacial score (nSPS) is 13.4. The fourth-order valence-electron chi connectivity index (χ4n) is 3.12. The minimum absolute atomic E-state index is 0.157. The Morgan fingerprint density at radius 1 is 0.681 bits per heavy atom. The first-order chi connectivity index (χ1) is 21.7. The van der Waals surface area contributed by atoms with Crippen LogP contribution in [-0.2, 0) is 50.1 Å². The van der Waals surface area contributed by atoms with E-state index in [0.29, 0.717) is 11.1 Å². The first-order valence-electron chi connectivity index (χ1n) is 12.7. The summed E-state index contributed by atoms with van der Waals surface area (Å²) >= 11 is 0.